The van der Waals surface area contributed by atoms with E-state index in [0.29, 0.717) is 11.4 Å². The van der Waals surface area contributed by atoms with E-state index in [2.05, 4.69) is 21.0 Å². The van der Waals surface area contributed by atoms with Gasteiger partial charge in [-0.15, -0.1) is 11.3 Å². The number of hydrogen-bond donors (Lipinski definition) is 2. The number of aryl methyl sites for hydroxylation is 1. The Morgan fingerprint density at radius 2 is 2.40 bits per heavy atom. The van der Waals surface area contributed by atoms with E-state index in [1.54, 1.807) is 17.9 Å². The topological polar surface area (TPSA) is 64.1 Å². The molecule has 3 N–H and O–H groups in total. The Labute approximate surface area is 99.5 Å². The SMILES string of the molecule is Cn1ncc(C(O)c2sccc2Br)c1N. The van der Waals surface area contributed by atoms with Crippen molar-refractivity contribution in [1.29, 1.82) is 0 Å². The van der Waals surface area contributed by atoms with Crippen LogP contribution in [0, 0.1) is 0 Å². The first-order valence-corrected chi connectivity index (χ1v) is 5.97. The summed E-state index contributed by atoms with van der Waals surface area (Å²) < 4.78 is 2.43. The molecule has 2 aromatic heterocycles. The van der Waals surface area contributed by atoms with E-state index in [0.717, 1.165) is 9.35 Å². The van der Waals surface area contributed by atoms with Gasteiger partial charge in [-0.3, -0.25) is 4.68 Å². The van der Waals surface area contributed by atoms with Crippen molar-refractivity contribution in [3.8, 4) is 0 Å². The Morgan fingerprint density at radius 1 is 1.67 bits per heavy atom. The van der Waals surface area contributed by atoms with Crippen LogP contribution in [0.3, 0.4) is 0 Å². The van der Waals surface area contributed by atoms with Gasteiger partial charge in [0.15, 0.2) is 0 Å². The van der Waals surface area contributed by atoms with Crippen molar-refractivity contribution in [2.75, 3.05) is 5.73 Å². The molecule has 0 saturated heterocycles. The second kappa shape index (κ2) is 3.96. The van der Waals surface area contributed by atoms with Crippen LogP contribution in [0.25, 0.3) is 0 Å². The molecule has 2 aromatic rings. The summed E-state index contributed by atoms with van der Waals surface area (Å²) in [6.45, 7) is 0. The van der Waals surface area contributed by atoms with Crippen molar-refractivity contribution in [3.05, 3.63) is 32.6 Å². The predicted molar refractivity (Wildman–Crippen MR) is 63.7 cm³/mol. The highest BCUT2D eigenvalue weighted by Gasteiger charge is 2.19. The van der Waals surface area contributed by atoms with Crippen molar-refractivity contribution in [3.63, 3.8) is 0 Å². The molecule has 0 aliphatic heterocycles. The van der Waals surface area contributed by atoms with Crippen LogP contribution in [0.2, 0.25) is 0 Å². The molecule has 0 aliphatic rings. The lowest BCUT2D eigenvalue weighted by molar-refractivity contribution is 0.224. The number of hydrogen-bond acceptors (Lipinski definition) is 4. The lowest BCUT2D eigenvalue weighted by Crippen LogP contribution is -2.03. The largest absolute Gasteiger partial charge is 0.384 e. The van der Waals surface area contributed by atoms with Gasteiger partial charge in [0.1, 0.15) is 11.9 Å². The zero-order valence-electron chi connectivity index (χ0n) is 8.01. The number of aromatic nitrogens is 2. The smallest absolute Gasteiger partial charge is 0.127 e. The highest BCUT2D eigenvalue weighted by molar-refractivity contribution is 9.10. The summed E-state index contributed by atoms with van der Waals surface area (Å²) in [5.41, 5.74) is 6.43. The maximum Gasteiger partial charge on any atom is 0.127 e. The monoisotopic (exact) mass is 287 g/mol. The van der Waals surface area contributed by atoms with Crippen LogP contribution in [0.5, 0.6) is 0 Å². The lowest BCUT2D eigenvalue weighted by Gasteiger charge is -2.08. The normalized spacial score (nSPS) is 13.0. The molecule has 4 nitrogen and oxygen atoms in total. The molecule has 0 aromatic carbocycles. The number of aliphatic hydroxyl groups excluding tert-OH is 1. The minimum atomic E-state index is -0.715. The highest BCUT2D eigenvalue weighted by atomic mass is 79.9. The van der Waals surface area contributed by atoms with Gasteiger partial charge in [-0.1, -0.05) is 0 Å². The van der Waals surface area contributed by atoms with E-state index in [9.17, 15) is 5.11 Å². The number of nitrogens with zero attached hydrogens (tertiary/aromatic N) is 2. The molecule has 2 heterocycles. The molecule has 15 heavy (non-hydrogen) atoms. The highest BCUT2D eigenvalue weighted by Crippen LogP contribution is 2.34. The third-order valence-electron chi connectivity index (χ3n) is 2.20. The van der Waals surface area contributed by atoms with Gasteiger partial charge >= 0.3 is 0 Å². The number of anilines is 1. The maximum absolute atomic E-state index is 10.1. The van der Waals surface area contributed by atoms with Crippen LogP contribution in [0.4, 0.5) is 5.82 Å². The summed E-state index contributed by atoms with van der Waals surface area (Å²) in [7, 11) is 1.75. The standard InChI is InChI=1S/C9H10BrN3OS/c1-13-9(11)5(4-12-13)7(14)8-6(10)2-3-15-8/h2-4,7,14H,11H2,1H3. The fraction of sp³-hybridized carbons (Fsp3) is 0.222. The molecule has 0 radical (unpaired) electrons. The molecule has 0 bridgehead atoms. The van der Waals surface area contributed by atoms with E-state index in [4.69, 9.17) is 5.73 Å². The van der Waals surface area contributed by atoms with Gasteiger partial charge in [0.25, 0.3) is 0 Å². The maximum atomic E-state index is 10.1. The van der Waals surface area contributed by atoms with Crippen molar-refractivity contribution in [2.24, 2.45) is 7.05 Å². The summed E-state index contributed by atoms with van der Waals surface area (Å²) in [5, 5.41) is 16.0. The Kier molecular flexibility index (Phi) is 2.81. The fourth-order valence-electron chi connectivity index (χ4n) is 1.32. The Morgan fingerprint density at radius 3 is 2.87 bits per heavy atom. The zero-order valence-corrected chi connectivity index (χ0v) is 10.4. The van der Waals surface area contributed by atoms with E-state index in [1.807, 2.05) is 11.4 Å². The number of rotatable bonds is 2. The van der Waals surface area contributed by atoms with Crippen LogP contribution >= 0.6 is 27.3 Å². The molecule has 1 atom stereocenters. The van der Waals surface area contributed by atoms with Crippen LogP contribution in [-0.4, -0.2) is 14.9 Å². The van der Waals surface area contributed by atoms with Gasteiger partial charge in [-0.2, -0.15) is 5.10 Å². The van der Waals surface area contributed by atoms with E-state index < -0.39 is 6.10 Å². The summed E-state index contributed by atoms with van der Waals surface area (Å²) in [6.07, 6.45) is 0.875. The number of nitrogens with two attached hydrogens (primary N) is 1. The van der Waals surface area contributed by atoms with Crippen LogP contribution in [0.15, 0.2) is 22.1 Å². The number of aliphatic hydroxyl groups is 1. The van der Waals surface area contributed by atoms with Gasteiger partial charge < -0.3 is 10.8 Å². The lowest BCUT2D eigenvalue weighted by atomic mass is 10.1. The second-order valence-corrected chi connectivity index (χ2v) is 4.95. The molecular formula is C9H10BrN3OS. The van der Waals surface area contributed by atoms with Gasteiger partial charge in [0, 0.05) is 17.1 Å². The third kappa shape index (κ3) is 1.80. The molecule has 2 rings (SSSR count). The number of nitrogen functional groups attached to an aromatic ring is 1. The van der Waals surface area contributed by atoms with Crippen molar-refractivity contribution in [1.82, 2.24) is 9.78 Å². The van der Waals surface area contributed by atoms with Gasteiger partial charge in [0.05, 0.1) is 11.1 Å². The molecule has 0 aliphatic carbocycles. The molecule has 6 heteroatoms. The quantitative estimate of drug-likeness (QED) is 0.887. The third-order valence-corrected chi connectivity index (χ3v) is 4.13. The average Bonchev–Trinajstić information content (AvgIpc) is 2.75. The molecule has 80 valence electrons. The van der Waals surface area contributed by atoms with Gasteiger partial charge in [0.2, 0.25) is 0 Å². The minimum Gasteiger partial charge on any atom is -0.384 e. The van der Waals surface area contributed by atoms with E-state index in [-0.39, 0.29) is 0 Å². The van der Waals surface area contributed by atoms with Crippen molar-refractivity contribution >= 4 is 33.1 Å². The van der Waals surface area contributed by atoms with E-state index >= 15 is 0 Å². The van der Waals surface area contributed by atoms with Crippen LogP contribution in [-0.2, 0) is 7.05 Å². The summed E-state index contributed by atoms with van der Waals surface area (Å²) in [4.78, 5) is 0.842. The first kappa shape index (κ1) is 10.7. The zero-order chi connectivity index (χ0) is 11.0. The average molecular weight is 288 g/mol. The molecule has 1 unspecified atom stereocenters. The molecule has 0 amide bonds. The molecule has 0 saturated carbocycles. The van der Waals surface area contributed by atoms with Crippen molar-refractivity contribution in [2.45, 2.75) is 6.10 Å². The second-order valence-electron chi connectivity index (χ2n) is 3.14. The van der Waals surface area contributed by atoms with E-state index in [1.165, 1.54) is 11.3 Å². The minimum absolute atomic E-state index is 0.489. The van der Waals surface area contributed by atoms with Gasteiger partial charge in [-0.05, 0) is 27.4 Å². The summed E-state index contributed by atoms with van der Waals surface area (Å²) in [5.74, 6) is 0.489. The number of thiophene rings is 1. The fourth-order valence-corrected chi connectivity index (χ4v) is 2.91. The summed E-state index contributed by atoms with van der Waals surface area (Å²) in [6, 6.07) is 1.90. The number of halogens is 1. The predicted octanol–water partition coefficient (Wildman–Crippen LogP) is 1.91. The van der Waals surface area contributed by atoms with Crippen LogP contribution in [0.1, 0.15) is 16.5 Å². The molecule has 0 fully saturated rings. The molecular weight excluding hydrogens is 278 g/mol. The molecule has 0 spiro atoms. The first-order valence-electron chi connectivity index (χ1n) is 4.29. The van der Waals surface area contributed by atoms with Crippen molar-refractivity contribution < 1.29 is 5.11 Å². The Balaban J connectivity index is 2.41. The van der Waals surface area contributed by atoms with Gasteiger partial charge in [-0.25, -0.2) is 0 Å². The Hall–Kier alpha value is -0.850. The Bertz CT molecular complexity index is 479. The first-order chi connectivity index (χ1) is 7.11. The van der Waals surface area contributed by atoms with Crippen LogP contribution < -0.4 is 5.73 Å². The summed E-state index contributed by atoms with van der Waals surface area (Å²) >= 11 is 4.86.